The number of hydrogen-bond acceptors (Lipinski definition) is 2. The van der Waals surface area contributed by atoms with Gasteiger partial charge in [-0.2, -0.15) is 0 Å². The summed E-state index contributed by atoms with van der Waals surface area (Å²) in [6.45, 7) is 1.33. The standard InChI is InChI=1S/C10H10ClF2NO2/c1-4-6(11)2-5(10(13)9(4)12)7(14)3-8(15)16/h2,7H,3,14H2,1H3,(H,15,16). The lowest BCUT2D eigenvalue weighted by Gasteiger charge is -2.13. The van der Waals surface area contributed by atoms with Gasteiger partial charge in [0.25, 0.3) is 0 Å². The number of aliphatic carboxylic acids is 1. The maximum absolute atomic E-state index is 13.4. The normalized spacial score (nSPS) is 12.6. The molecule has 3 nitrogen and oxygen atoms in total. The highest BCUT2D eigenvalue weighted by molar-refractivity contribution is 6.31. The molecule has 0 saturated carbocycles. The molecule has 1 aromatic rings. The third kappa shape index (κ3) is 2.48. The van der Waals surface area contributed by atoms with Gasteiger partial charge in [0.2, 0.25) is 0 Å². The fourth-order valence-electron chi connectivity index (χ4n) is 1.27. The van der Waals surface area contributed by atoms with E-state index < -0.39 is 30.1 Å². The SMILES string of the molecule is Cc1c(Cl)cc(C(N)CC(=O)O)c(F)c1F. The van der Waals surface area contributed by atoms with E-state index in [1.807, 2.05) is 0 Å². The number of rotatable bonds is 3. The second-order valence-electron chi connectivity index (χ2n) is 3.40. The van der Waals surface area contributed by atoms with E-state index in [9.17, 15) is 13.6 Å². The molecule has 1 atom stereocenters. The van der Waals surface area contributed by atoms with Crippen LogP contribution in [0.3, 0.4) is 0 Å². The van der Waals surface area contributed by atoms with E-state index in [1.165, 1.54) is 6.92 Å². The molecule has 0 bridgehead atoms. The van der Waals surface area contributed by atoms with E-state index in [0.717, 1.165) is 6.07 Å². The highest BCUT2D eigenvalue weighted by Gasteiger charge is 2.20. The van der Waals surface area contributed by atoms with E-state index >= 15 is 0 Å². The van der Waals surface area contributed by atoms with Crippen LogP contribution in [0.4, 0.5) is 8.78 Å². The van der Waals surface area contributed by atoms with E-state index in [2.05, 4.69) is 0 Å². The van der Waals surface area contributed by atoms with E-state index in [1.54, 1.807) is 0 Å². The molecule has 0 heterocycles. The highest BCUT2D eigenvalue weighted by atomic mass is 35.5. The van der Waals surface area contributed by atoms with Crippen LogP contribution in [0.1, 0.15) is 23.6 Å². The largest absolute Gasteiger partial charge is 0.481 e. The Labute approximate surface area is 95.8 Å². The van der Waals surface area contributed by atoms with Crippen molar-refractivity contribution in [1.29, 1.82) is 0 Å². The summed E-state index contributed by atoms with van der Waals surface area (Å²) < 4.78 is 26.7. The van der Waals surface area contributed by atoms with E-state index in [4.69, 9.17) is 22.4 Å². The van der Waals surface area contributed by atoms with Gasteiger partial charge in [-0.05, 0) is 13.0 Å². The molecular formula is C10H10ClF2NO2. The van der Waals surface area contributed by atoms with Crippen LogP contribution in [0.5, 0.6) is 0 Å². The van der Waals surface area contributed by atoms with Crippen molar-refractivity contribution in [2.45, 2.75) is 19.4 Å². The van der Waals surface area contributed by atoms with Crippen molar-refractivity contribution in [2.24, 2.45) is 5.73 Å². The third-order valence-electron chi connectivity index (χ3n) is 2.21. The molecule has 0 aromatic heterocycles. The third-order valence-corrected chi connectivity index (χ3v) is 2.60. The predicted molar refractivity (Wildman–Crippen MR) is 55.3 cm³/mol. The summed E-state index contributed by atoms with van der Waals surface area (Å²) in [6.07, 6.45) is -0.490. The average Bonchev–Trinajstić information content (AvgIpc) is 2.19. The molecule has 0 aliphatic carbocycles. The molecule has 1 unspecified atom stereocenters. The molecule has 1 rings (SSSR count). The molecule has 16 heavy (non-hydrogen) atoms. The summed E-state index contributed by atoms with van der Waals surface area (Å²) in [7, 11) is 0. The lowest BCUT2D eigenvalue weighted by molar-refractivity contribution is -0.137. The quantitative estimate of drug-likeness (QED) is 0.809. The maximum Gasteiger partial charge on any atom is 0.305 e. The zero-order valence-corrected chi connectivity index (χ0v) is 9.18. The monoisotopic (exact) mass is 249 g/mol. The van der Waals surface area contributed by atoms with Crippen molar-refractivity contribution >= 4 is 17.6 Å². The Bertz CT molecular complexity index is 437. The van der Waals surface area contributed by atoms with Gasteiger partial charge in [0.05, 0.1) is 6.42 Å². The van der Waals surface area contributed by atoms with Crippen molar-refractivity contribution in [3.63, 3.8) is 0 Å². The van der Waals surface area contributed by atoms with Crippen molar-refractivity contribution in [1.82, 2.24) is 0 Å². The lowest BCUT2D eigenvalue weighted by atomic mass is 10.0. The molecule has 3 N–H and O–H groups in total. The second-order valence-corrected chi connectivity index (χ2v) is 3.81. The van der Waals surface area contributed by atoms with Crippen molar-refractivity contribution in [3.05, 3.63) is 33.9 Å². The Morgan fingerprint density at radius 2 is 2.12 bits per heavy atom. The summed E-state index contributed by atoms with van der Waals surface area (Å²) in [5, 5.41) is 8.52. The average molecular weight is 250 g/mol. The summed E-state index contributed by atoms with van der Waals surface area (Å²) in [4.78, 5) is 10.4. The van der Waals surface area contributed by atoms with E-state index in [0.29, 0.717) is 0 Å². The second kappa shape index (κ2) is 4.76. The van der Waals surface area contributed by atoms with Crippen molar-refractivity contribution in [3.8, 4) is 0 Å². The van der Waals surface area contributed by atoms with Gasteiger partial charge in [-0.15, -0.1) is 0 Å². The number of carbonyl (C=O) groups is 1. The first-order valence-electron chi connectivity index (χ1n) is 4.46. The minimum atomic E-state index is -1.19. The van der Waals surface area contributed by atoms with Crippen LogP contribution >= 0.6 is 11.6 Å². The number of halogens is 3. The Hall–Kier alpha value is -1.20. The molecule has 6 heteroatoms. The maximum atomic E-state index is 13.4. The van der Waals surface area contributed by atoms with Crippen LogP contribution in [-0.2, 0) is 4.79 Å². The molecule has 0 spiro atoms. The summed E-state index contributed by atoms with van der Waals surface area (Å²) in [5.41, 5.74) is 5.19. The molecule has 0 aliphatic heterocycles. The zero-order valence-electron chi connectivity index (χ0n) is 8.43. The minimum Gasteiger partial charge on any atom is -0.481 e. The summed E-state index contributed by atoms with van der Waals surface area (Å²) >= 11 is 5.66. The zero-order chi connectivity index (χ0) is 12.5. The molecule has 88 valence electrons. The van der Waals surface area contributed by atoms with Gasteiger partial charge in [0.1, 0.15) is 0 Å². The molecular weight excluding hydrogens is 240 g/mol. The predicted octanol–water partition coefficient (Wildman–Crippen LogP) is 2.40. The topological polar surface area (TPSA) is 63.3 Å². The lowest BCUT2D eigenvalue weighted by Crippen LogP contribution is -2.17. The number of benzene rings is 1. The first kappa shape index (κ1) is 12.9. The van der Waals surface area contributed by atoms with Crippen molar-refractivity contribution in [2.75, 3.05) is 0 Å². The minimum absolute atomic E-state index is 0.0227. The highest BCUT2D eigenvalue weighted by Crippen LogP contribution is 2.28. The van der Waals surface area contributed by atoms with Gasteiger partial charge in [-0.25, -0.2) is 8.78 Å². The van der Waals surface area contributed by atoms with Gasteiger partial charge in [-0.1, -0.05) is 11.6 Å². The van der Waals surface area contributed by atoms with Crippen LogP contribution in [0.25, 0.3) is 0 Å². The number of nitrogens with two attached hydrogens (primary N) is 1. The van der Waals surface area contributed by atoms with Gasteiger partial charge in [0.15, 0.2) is 11.6 Å². The smallest absolute Gasteiger partial charge is 0.305 e. The van der Waals surface area contributed by atoms with E-state index in [-0.39, 0.29) is 16.1 Å². The molecule has 0 fully saturated rings. The van der Waals surface area contributed by atoms with Crippen LogP contribution in [0.15, 0.2) is 6.07 Å². The fraction of sp³-hybridized carbons (Fsp3) is 0.300. The summed E-state index contributed by atoms with van der Waals surface area (Å²) in [5.74, 6) is -3.43. The van der Waals surface area contributed by atoms with Gasteiger partial charge in [-0.3, -0.25) is 4.79 Å². The first-order valence-corrected chi connectivity index (χ1v) is 4.83. The Kier molecular flexibility index (Phi) is 3.83. The van der Waals surface area contributed by atoms with Crippen LogP contribution in [-0.4, -0.2) is 11.1 Å². The molecule has 0 aliphatic rings. The number of hydrogen-bond donors (Lipinski definition) is 2. The number of carboxylic acid groups (broad SMARTS) is 1. The Morgan fingerprint density at radius 1 is 1.56 bits per heavy atom. The Balaban J connectivity index is 3.19. The molecule has 1 aromatic carbocycles. The first-order chi connectivity index (χ1) is 7.34. The van der Waals surface area contributed by atoms with Gasteiger partial charge in [0, 0.05) is 22.2 Å². The van der Waals surface area contributed by atoms with Crippen molar-refractivity contribution < 1.29 is 18.7 Å². The van der Waals surface area contributed by atoms with Gasteiger partial charge >= 0.3 is 5.97 Å². The van der Waals surface area contributed by atoms with Crippen LogP contribution in [0.2, 0.25) is 5.02 Å². The molecule has 0 saturated heterocycles. The fourth-order valence-corrected chi connectivity index (χ4v) is 1.47. The van der Waals surface area contributed by atoms with Gasteiger partial charge < -0.3 is 10.8 Å². The summed E-state index contributed by atoms with van der Waals surface area (Å²) in [6, 6.07) is 0.0354. The van der Waals surface area contributed by atoms with Crippen LogP contribution < -0.4 is 5.73 Å². The molecule has 0 radical (unpaired) electrons. The molecule has 0 amide bonds. The Morgan fingerprint density at radius 3 is 2.62 bits per heavy atom. The number of carboxylic acids is 1. The van der Waals surface area contributed by atoms with Crippen LogP contribution in [0, 0.1) is 18.6 Å².